The molecule has 3 rings (SSSR count). The van der Waals surface area contributed by atoms with Crippen molar-refractivity contribution in [2.24, 2.45) is 0 Å². The van der Waals surface area contributed by atoms with E-state index >= 15 is 0 Å². The molecule has 0 saturated heterocycles. The molecule has 1 aliphatic heterocycles. The first kappa shape index (κ1) is 20.1. The lowest BCUT2D eigenvalue weighted by atomic mass is 10.0. The number of hydrogen-bond donors (Lipinski definition) is 1. The number of nitrogens with zero attached hydrogens (tertiary/aromatic N) is 2. The first-order valence-corrected chi connectivity index (χ1v) is 9.83. The van der Waals surface area contributed by atoms with Gasteiger partial charge in [0.05, 0.1) is 17.9 Å². The van der Waals surface area contributed by atoms with Crippen molar-refractivity contribution in [3.63, 3.8) is 0 Å². The maximum absolute atomic E-state index is 13.1. The molecule has 0 spiro atoms. The normalized spacial score (nSPS) is 16.7. The maximum Gasteiger partial charge on any atom is 0.241 e. The third kappa shape index (κ3) is 4.60. The fourth-order valence-electron chi connectivity index (χ4n) is 3.65. The Balaban J connectivity index is 1.71. The number of likely N-dealkylation sites (N-methyl/N-ethyl adjacent to an activating group) is 1. The summed E-state index contributed by atoms with van der Waals surface area (Å²) >= 11 is 0. The van der Waals surface area contributed by atoms with Crippen LogP contribution < -0.4 is 10.2 Å². The molecule has 148 valence electrons. The van der Waals surface area contributed by atoms with E-state index in [9.17, 15) is 9.59 Å². The van der Waals surface area contributed by atoms with Crippen LogP contribution >= 0.6 is 0 Å². The minimum atomic E-state index is -0.185. The highest BCUT2D eigenvalue weighted by atomic mass is 16.2. The van der Waals surface area contributed by atoms with Crippen LogP contribution in [0.3, 0.4) is 0 Å². The summed E-state index contributed by atoms with van der Waals surface area (Å²) in [7, 11) is 1.95. The molecule has 1 N–H and O–H groups in total. The van der Waals surface area contributed by atoms with Gasteiger partial charge in [0, 0.05) is 19.0 Å². The van der Waals surface area contributed by atoms with Crippen molar-refractivity contribution in [2.45, 2.75) is 45.7 Å². The first-order valence-electron chi connectivity index (χ1n) is 9.83. The summed E-state index contributed by atoms with van der Waals surface area (Å²) in [5.41, 5.74) is 3.95. The Hall–Kier alpha value is -2.66. The van der Waals surface area contributed by atoms with Gasteiger partial charge in [0.1, 0.15) is 0 Å². The second-order valence-electron chi connectivity index (χ2n) is 7.95. The van der Waals surface area contributed by atoms with Gasteiger partial charge < -0.3 is 10.2 Å². The zero-order chi connectivity index (χ0) is 20.3. The SMILES string of the molecule is CC(C)c1ccc(CN(C)CC(=O)N2c3ccccc3NC(=O)CC2C)cc1. The van der Waals surface area contributed by atoms with Crippen LogP contribution in [0.1, 0.15) is 44.2 Å². The molecule has 5 nitrogen and oxygen atoms in total. The van der Waals surface area contributed by atoms with Crippen LogP contribution in [0.5, 0.6) is 0 Å². The molecular formula is C23H29N3O2. The average Bonchev–Trinajstić information content (AvgIpc) is 2.76. The van der Waals surface area contributed by atoms with Gasteiger partial charge in [0.25, 0.3) is 0 Å². The van der Waals surface area contributed by atoms with Gasteiger partial charge in [-0.05, 0) is 43.1 Å². The molecule has 1 atom stereocenters. The molecule has 5 heteroatoms. The van der Waals surface area contributed by atoms with Crippen LogP contribution in [-0.2, 0) is 16.1 Å². The van der Waals surface area contributed by atoms with Crippen molar-refractivity contribution in [1.82, 2.24) is 4.90 Å². The minimum Gasteiger partial charge on any atom is -0.324 e. The topological polar surface area (TPSA) is 52.7 Å². The molecule has 0 bridgehead atoms. The fourth-order valence-corrected chi connectivity index (χ4v) is 3.65. The molecule has 2 aromatic carbocycles. The first-order chi connectivity index (χ1) is 13.3. The second kappa shape index (κ2) is 8.57. The Kier molecular flexibility index (Phi) is 6.15. The molecule has 28 heavy (non-hydrogen) atoms. The van der Waals surface area contributed by atoms with Crippen molar-refractivity contribution < 1.29 is 9.59 Å². The van der Waals surface area contributed by atoms with Gasteiger partial charge in [0.15, 0.2) is 0 Å². The quantitative estimate of drug-likeness (QED) is 0.854. The number of rotatable bonds is 5. The van der Waals surface area contributed by atoms with E-state index in [1.165, 1.54) is 11.1 Å². The lowest BCUT2D eigenvalue weighted by Gasteiger charge is -2.29. The standard InChI is InChI=1S/C23H29N3O2/c1-16(2)19-11-9-18(10-12-19)14-25(4)15-23(28)26-17(3)13-22(27)24-20-7-5-6-8-21(20)26/h5-12,16-17H,13-15H2,1-4H3,(H,24,27). The smallest absolute Gasteiger partial charge is 0.241 e. The van der Waals surface area contributed by atoms with Crippen LogP contribution in [0.15, 0.2) is 48.5 Å². The maximum atomic E-state index is 13.1. The number of carbonyl (C=O) groups is 2. The molecule has 0 saturated carbocycles. The number of amides is 2. The summed E-state index contributed by atoms with van der Waals surface area (Å²) in [5.74, 6) is 0.445. The molecule has 2 amide bonds. The minimum absolute atomic E-state index is 0.00208. The van der Waals surface area contributed by atoms with E-state index in [0.29, 0.717) is 31.1 Å². The zero-order valence-corrected chi connectivity index (χ0v) is 17.1. The number of benzene rings is 2. The number of carbonyl (C=O) groups excluding carboxylic acids is 2. The molecule has 0 radical (unpaired) electrons. The predicted octanol–water partition coefficient (Wildman–Crippen LogP) is 4.01. The van der Waals surface area contributed by atoms with E-state index < -0.39 is 0 Å². The summed E-state index contributed by atoms with van der Waals surface area (Å²) < 4.78 is 0. The van der Waals surface area contributed by atoms with Crippen LogP contribution in [0.4, 0.5) is 11.4 Å². The van der Waals surface area contributed by atoms with Crippen molar-refractivity contribution in [1.29, 1.82) is 0 Å². The zero-order valence-electron chi connectivity index (χ0n) is 17.1. The highest BCUT2D eigenvalue weighted by molar-refractivity contribution is 6.04. The lowest BCUT2D eigenvalue weighted by molar-refractivity contribution is -0.120. The monoisotopic (exact) mass is 379 g/mol. The van der Waals surface area contributed by atoms with Gasteiger partial charge in [-0.1, -0.05) is 50.2 Å². The molecule has 0 aromatic heterocycles. The Morgan fingerprint density at radius 1 is 1.18 bits per heavy atom. The van der Waals surface area contributed by atoms with Gasteiger partial charge in [-0.25, -0.2) is 0 Å². The Morgan fingerprint density at radius 2 is 1.86 bits per heavy atom. The van der Waals surface area contributed by atoms with Gasteiger partial charge in [-0.15, -0.1) is 0 Å². The summed E-state index contributed by atoms with van der Waals surface area (Å²) in [6.45, 7) is 7.27. The van der Waals surface area contributed by atoms with Crippen LogP contribution in [0.25, 0.3) is 0 Å². The van der Waals surface area contributed by atoms with Crippen LogP contribution in [0.2, 0.25) is 0 Å². The van der Waals surface area contributed by atoms with Crippen molar-refractivity contribution in [3.8, 4) is 0 Å². The molecule has 0 fully saturated rings. The molecule has 1 aliphatic rings. The van der Waals surface area contributed by atoms with Gasteiger partial charge in [-0.2, -0.15) is 0 Å². The van der Waals surface area contributed by atoms with E-state index in [4.69, 9.17) is 0 Å². The van der Waals surface area contributed by atoms with Gasteiger partial charge in [0.2, 0.25) is 11.8 Å². The Bertz CT molecular complexity index is 845. The van der Waals surface area contributed by atoms with Crippen molar-refractivity contribution in [3.05, 3.63) is 59.7 Å². The van der Waals surface area contributed by atoms with Gasteiger partial charge >= 0.3 is 0 Å². The third-order valence-corrected chi connectivity index (χ3v) is 5.13. The van der Waals surface area contributed by atoms with Gasteiger partial charge in [-0.3, -0.25) is 14.5 Å². The predicted molar refractivity (Wildman–Crippen MR) is 114 cm³/mol. The molecule has 2 aromatic rings. The summed E-state index contributed by atoms with van der Waals surface area (Å²) in [6, 6.07) is 15.9. The molecule has 1 unspecified atom stereocenters. The van der Waals surface area contributed by atoms with Crippen LogP contribution in [0, 0.1) is 0 Å². The molecule has 0 aliphatic carbocycles. The number of hydrogen-bond acceptors (Lipinski definition) is 3. The largest absolute Gasteiger partial charge is 0.324 e. The Labute approximate surface area is 167 Å². The summed E-state index contributed by atoms with van der Waals surface area (Å²) in [5, 5.41) is 2.90. The van der Waals surface area contributed by atoms with Crippen molar-refractivity contribution in [2.75, 3.05) is 23.8 Å². The number of nitrogens with one attached hydrogen (secondary N) is 1. The van der Waals surface area contributed by atoms with E-state index in [-0.39, 0.29) is 17.9 Å². The highest BCUT2D eigenvalue weighted by Gasteiger charge is 2.29. The highest BCUT2D eigenvalue weighted by Crippen LogP contribution is 2.31. The third-order valence-electron chi connectivity index (χ3n) is 5.13. The van der Waals surface area contributed by atoms with E-state index in [2.05, 4.69) is 43.4 Å². The lowest BCUT2D eigenvalue weighted by Crippen LogP contribution is -2.44. The van der Waals surface area contributed by atoms with Crippen molar-refractivity contribution >= 4 is 23.2 Å². The molecular weight excluding hydrogens is 350 g/mol. The molecule has 1 heterocycles. The number of anilines is 2. The fraction of sp³-hybridized carbons (Fsp3) is 0.391. The van der Waals surface area contributed by atoms with E-state index in [0.717, 1.165) is 5.69 Å². The average molecular weight is 380 g/mol. The second-order valence-corrected chi connectivity index (χ2v) is 7.95. The van der Waals surface area contributed by atoms with E-state index in [1.54, 1.807) is 4.90 Å². The van der Waals surface area contributed by atoms with E-state index in [1.807, 2.05) is 43.1 Å². The number of para-hydroxylation sites is 2. The van der Waals surface area contributed by atoms with Crippen LogP contribution in [-0.4, -0.2) is 36.3 Å². The Morgan fingerprint density at radius 3 is 2.54 bits per heavy atom. The number of fused-ring (bicyclic) bond motifs is 1. The summed E-state index contributed by atoms with van der Waals surface area (Å²) in [4.78, 5) is 29.0. The summed E-state index contributed by atoms with van der Waals surface area (Å²) in [6.07, 6.45) is 0.292.